The number of benzene rings is 1. The Labute approximate surface area is 137 Å². The van der Waals surface area contributed by atoms with E-state index in [4.69, 9.17) is 4.74 Å². The fourth-order valence-electron chi connectivity index (χ4n) is 3.98. The number of ether oxygens (including phenoxy) is 1. The third kappa shape index (κ3) is 2.88. The zero-order valence-corrected chi connectivity index (χ0v) is 13.8. The Bertz CT molecular complexity index is 694. The van der Waals surface area contributed by atoms with Gasteiger partial charge in [-0.1, -0.05) is 0 Å². The molecule has 1 fully saturated rings. The minimum atomic E-state index is 0.878. The third-order valence-electron chi connectivity index (χ3n) is 5.36. The van der Waals surface area contributed by atoms with E-state index in [1.807, 2.05) is 6.07 Å². The Morgan fingerprint density at radius 3 is 3.00 bits per heavy atom. The molecule has 23 heavy (non-hydrogen) atoms. The largest absolute Gasteiger partial charge is 0.497 e. The van der Waals surface area contributed by atoms with Gasteiger partial charge in [0.15, 0.2) is 0 Å². The van der Waals surface area contributed by atoms with Crippen LogP contribution in [-0.2, 0) is 6.42 Å². The van der Waals surface area contributed by atoms with E-state index in [1.165, 1.54) is 49.0 Å². The topological polar surface area (TPSA) is 37.4 Å². The van der Waals surface area contributed by atoms with Crippen molar-refractivity contribution in [2.75, 3.05) is 38.2 Å². The number of fused-ring (bicyclic) bond motifs is 3. The van der Waals surface area contributed by atoms with Crippen LogP contribution < -0.4 is 15.0 Å². The second-order valence-electron chi connectivity index (χ2n) is 6.73. The Morgan fingerprint density at radius 1 is 1.30 bits per heavy atom. The molecule has 4 heteroatoms. The molecule has 0 aliphatic carbocycles. The fourth-order valence-corrected chi connectivity index (χ4v) is 3.98. The highest BCUT2D eigenvalue weighted by Crippen LogP contribution is 2.36. The van der Waals surface area contributed by atoms with E-state index in [2.05, 4.69) is 33.5 Å². The first-order chi connectivity index (χ1) is 11.3. The van der Waals surface area contributed by atoms with Crippen LogP contribution in [0.2, 0.25) is 0 Å². The number of hydrogen-bond acceptors (Lipinski definition) is 4. The minimum absolute atomic E-state index is 0.878. The van der Waals surface area contributed by atoms with Gasteiger partial charge in [-0.25, -0.2) is 0 Å². The van der Waals surface area contributed by atoms with Crippen molar-refractivity contribution in [1.29, 1.82) is 0 Å². The van der Waals surface area contributed by atoms with Crippen LogP contribution in [-0.4, -0.2) is 38.3 Å². The summed E-state index contributed by atoms with van der Waals surface area (Å²) in [7, 11) is 1.73. The average Bonchev–Trinajstić information content (AvgIpc) is 3.04. The fraction of sp³-hybridized carbons (Fsp3) is 0.526. The van der Waals surface area contributed by atoms with Crippen LogP contribution in [0.1, 0.15) is 24.8 Å². The van der Waals surface area contributed by atoms with Crippen molar-refractivity contribution in [3.05, 3.63) is 30.0 Å². The van der Waals surface area contributed by atoms with Crippen molar-refractivity contribution in [2.45, 2.75) is 25.7 Å². The van der Waals surface area contributed by atoms with E-state index in [0.717, 1.165) is 36.7 Å². The highest BCUT2D eigenvalue weighted by atomic mass is 16.5. The van der Waals surface area contributed by atoms with Gasteiger partial charge in [0.2, 0.25) is 0 Å². The number of piperidine rings is 1. The zero-order chi connectivity index (χ0) is 15.6. The first-order valence-corrected chi connectivity index (χ1v) is 8.76. The molecular weight excluding hydrogens is 286 g/mol. The second kappa shape index (κ2) is 6.36. The molecule has 2 aromatic rings. The van der Waals surface area contributed by atoms with Gasteiger partial charge in [-0.05, 0) is 68.5 Å². The second-order valence-corrected chi connectivity index (χ2v) is 6.73. The van der Waals surface area contributed by atoms with Crippen LogP contribution in [0.15, 0.2) is 24.4 Å². The minimum Gasteiger partial charge on any atom is -0.497 e. The Balaban J connectivity index is 1.59. The van der Waals surface area contributed by atoms with Gasteiger partial charge in [-0.3, -0.25) is 4.98 Å². The molecule has 2 aliphatic heterocycles. The van der Waals surface area contributed by atoms with E-state index in [1.54, 1.807) is 7.11 Å². The number of hydrogen-bond donors (Lipinski definition) is 1. The maximum Gasteiger partial charge on any atom is 0.119 e. The average molecular weight is 311 g/mol. The molecule has 2 aliphatic rings. The Morgan fingerprint density at radius 2 is 2.17 bits per heavy atom. The third-order valence-corrected chi connectivity index (χ3v) is 5.36. The summed E-state index contributed by atoms with van der Waals surface area (Å²) in [6, 6.07) is 6.21. The van der Waals surface area contributed by atoms with Crippen LogP contribution in [0.3, 0.4) is 0 Å². The van der Waals surface area contributed by atoms with E-state index in [0.29, 0.717) is 0 Å². The first kappa shape index (κ1) is 14.8. The number of pyridine rings is 1. The molecule has 1 N–H and O–H groups in total. The molecule has 0 spiro atoms. The lowest BCUT2D eigenvalue weighted by molar-refractivity contribution is 0.356. The van der Waals surface area contributed by atoms with Crippen molar-refractivity contribution in [1.82, 2.24) is 10.3 Å². The lowest BCUT2D eigenvalue weighted by atomic mass is 9.94. The van der Waals surface area contributed by atoms with Gasteiger partial charge < -0.3 is 15.0 Å². The summed E-state index contributed by atoms with van der Waals surface area (Å²) in [5.74, 6) is 1.79. The number of rotatable bonds is 4. The number of methoxy groups -OCH3 is 1. The summed E-state index contributed by atoms with van der Waals surface area (Å²) in [6.07, 6.45) is 7.13. The molecule has 0 atom stereocenters. The van der Waals surface area contributed by atoms with Gasteiger partial charge in [0.1, 0.15) is 5.75 Å². The van der Waals surface area contributed by atoms with Crippen LogP contribution in [0.5, 0.6) is 5.75 Å². The highest BCUT2D eigenvalue weighted by molar-refractivity contribution is 5.95. The summed E-state index contributed by atoms with van der Waals surface area (Å²) >= 11 is 0. The summed E-state index contributed by atoms with van der Waals surface area (Å²) in [5, 5.41) is 4.70. The highest BCUT2D eigenvalue weighted by Gasteiger charge is 2.23. The van der Waals surface area contributed by atoms with Gasteiger partial charge in [0, 0.05) is 24.7 Å². The smallest absolute Gasteiger partial charge is 0.119 e. The van der Waals surface area contributed by atoms with Gasteiger partial charge >= 0.3 is 0 Å². The Kier molecular flexibility index (Phi) is 4.08. The van der Waals surface area contributed by atoms with Crippen LogP contribution in [0.25, 0.3) is 10.9 Å². The maximum atomic E-state index is 5.42. The molecule has 1 aromatic heterocycles. The molecule has 3 heterocycles. The molecule has 1 aromatic carbocycles. The molecule has 0 saturated carbocycles. The number of nitrogens with zero attached hydrogens (tertiary/aromatic N) is 2. The van der Waals surface area contributed by atoms with Crippen molar-refractivity contribution in [3.63, 3.8) is 0 Å². The van der Waals surface area contributed by atoms with Crippen LogP contribution in [0.4, 0.5) is 5.69 Å². The normalized spacial score (nSPS) is 18.4. The number of nitrogens with one attached hydrogen (secondary N) is 1. The lowest BCUT2D eigenvalue weighted by Gasteiger charge is -2.27. The molecule has 4 nitrogen and oxygen atoms in total. The Hall–Kier alpha value is -1.81. The van der Waals surface area contributed by atoms with Crippen LogP contribution >= 0.6 is 0 Å². The lowest BCUT2D eigenvalue weighted by Crippen LogP contribution is -2.31. The predicted octanol–water partition coefficient (Wildman–Crippen LogP) is 3.00. The summed E-state index contributed by atoms with van der Waals surface area (Å²) < 4.78 is 5.42. The quantitative estimate of drug-likeness (QED) is 0.942. The van der Waals surface area contributed by atoms with Crippen molar-refractivity contribution < 1.29 is 4.74 Å². The maximum absolute atomic E-state index is 5.42. The monoisotopic (exact) mass is 311 g/mol. The summed E-state index contributed by atoms with van der Waals surface area (Å²) in [4.78, 5) is 7.19. The molecule has 122 valence electrons. The molecule has 0 radical (unpaired) electrons. The molecule has 1 saturated heterocycles. The van der Waals surface area contributed by atoms with Gasteiger partial charge in [0.25, 0.3) is 0 Å². The SMILES string of the molecule is COc1ccc2ncc3c(c2c1)N(CCC1CCNCC1)CC3. The number of aromatic nitrogens is 1. The van der Waals surface area contributed by atoms with E-state index in [-0.39, 0.29) is 0 Å². The molecule has 0 amide bonds. The standard InChI is InChI=1S/C19H25N3O/c1-23-16-2-3-18-17(12-16)19-15(13-21-18)7-11-22(19)10-6-14-4-8-20-9-5-14/h2-3,12-14,20H,4-11H2,1H3. The van der Waals surface area contributed by atoms with Gasteiger partial charge in [-0.15, -0.1) is 0 Å². The summed E-state index contributed by atoms with van der Waals surface area (Å²) in [5.41, 5.74) is 3.84. The molecular formula is C19H25N3O. The molecule has 0 unspecified atom stereocenters. The molecule has 0 bridgehead atoms. The number of anilines is 1. The zero-order valence-electron chi connectivity index (χ0n) is 13.8. The first-order valence-electron chi connectivity index (χ1n) is 8.76. The van der Waals surface area contributed by atoms with Gasteiger partial charge in [-0.2, -0.15) is 0 Å². The van der Waals surface area contributed by atoms with E-state index >= 15 is 0 Å². The van der Waals surface area contributed by atoms with Crippen LogP contribution in [0, 0.1) is 5.92 Å². The molecule has 4 rings (SSSR count). The van der Waals surface area contributed by atoms with Crippen molar-refractivity contribution in [3.8, 4) is 5.75 Å². The van der Waals surface area contributed by atoms with E-state index in [9.17, 15) is 0 Å². The van der Waals surface area contributed by atoms with Crippen molar-refractivity contribution >= 4 is 16.6 Å². The summed E-state index contributed by atoms with van der Waals surface area (Å²) in [6.45, 7) is 4.66. The van der Waals surface area contributed by atoms with Crippen molar-refractivity contribution in [2.24, 2.45) is 5.92 Å². The van der Waals surface area contributed by atoms with E-state index < -0.39 is 0 Å². The van der Waals surface area contributed by atoms with Gasteiger partial charge in [0.05, 0.1) is 18.3 Å². The predicted molar refractivity (Wildman–Crippen MR) is 94.4 cm³/mol.